The van der Waals surface area contributed by atoms with E-state index in [9.17, 15) is 4.79 Å². The predicted molar refractivity (Wildman–Crippen MR) is 80.7 cm³/mol. The van der Waals surface area contributed by atoms with Gasteiger partial charge in [0.05, 0.1) is 0 Å². The summed E-state index contributed by atoms with van der Waals surface area (Å²) >= 11 is 6.06. The van der Waals surface area contributed by atoms with Gasteiger partial charge in [-0.3, -0.25) is 4.79 Å². The molecule has 3 heterocycles. The SMILES string of the molecule is CCC1C(=O)NCCN1c1nc(Cl)nc(N2CCCC2)n1. The van der Waals surface area contributed by atoms with Crippen molar-refractivity contribution >= 4 is 29.4 Å². The highest BCUT2D eigenvalue weighted by Gasteiger charge is 2.31. The summed E-state index contributed by atoms with van der Waals surface area (Å²) in [6, 6.07) is -0.247. The molecule has 3 rings (SSSR count). The standard InChI is InChI=1S/C13H19ClN6O/c1-2-9-10(21)15-5-8-20(9)13-17-11(14)16-12(18-13)19-6-3-4-7-19/h9H,2-8H2,1H3,(H,15,21). The van der Waals surface area contributed by atoms with Crippen LogP contribution in [0.15, 0.2) is 0 Å². The number of piperazine rings is 1. The zero-order valence-corrected chi connectivity index (χ0v) is 12.8. The van der Waals surface area contributed by atoms with E-state index < -0.39 is 0 Å². The van der Waals surface area contributed by atoms with Gasteiger partial charge in [-0.1, -0.05) is 6.92 Å². The van der Waals surface area contributed by atoms with Crippen molar-refractivity contribution in [1.82, 2.24) is 20.3 Å². The Labute approximate surface area is 128 Å². The fourth-order valence-electron chi connectivity index (χ4n) is 2.88. The van der Waals surface area contributed by atoms with Gasteiger partial charge in [0.1, 0.15) is 6.04 Å². The van der Waals surface area contributed by atoms with Crippen LogP contribution in [0.5, 0.6) is 0 Å². The number of aromatic nitrogens is 3. The van der Waals surface area contributed by atoms with Crippen LogP contribution in [0.25, 0.3) is 0 Å². The summed E-state index contributed by atoms with van der Waals surface area (Å²) in [5.41, 5.74) is 0. The number of halogens is 1. The lowest BCUT2D eigenvalue weighted by molar-refractivity contribution is -0.123. The van der Waals surface area contributed by atoms with Crippen molar-refractivity contribution in [3.8, 4) is 0 Å². The summed E-state index contributed by atoms with van der Waals surface area (Å²) in [6.45, 7) is 5.14. The number of nitrogens with zero attached hydrogens (tertiary/aromatic N) is 5. The first-order chi connectivity index (χ1) is 10.2. The van der Waals surface area contributed by atoms with E-state index in [0.29, 0.717) is 31.4 Å². The summed E-state index contributed by atoms with van der Waals surface area (Å²) < 4.78 is 0. The maximum atomic E-state index is 12.0. The van der Waals surface area contributed by atoms with Gasteiger partial charge in [-0.05, 0) is 30.9 Å². The molecule has 114 valence electrons. The Hall–Kier alpha value is -1.63. The minimum atomic E-state index is -0.247. The molecule has 0 aromatic carbocycles. The van der Waals surface area contributed by atoms with E-state index in [-0.39, 0.29) is 17.2 Å². The zero-order chi connectivity index (χ0) is 14.8. The van der Waals surface area contributed by atoms with E-state index in [1.807, 2.05) is 11.8 Å². The maximum absolute atomic E-state index is 12.0. The van der Waals surface area contributed by atoms with Gasteiger partial charge in [0, 0.05) is 26.2 Å². The minimum Gasteiger partial charge on any atom is -0.353 e. The lowest BCUT2D eigenvalue weighted by Gasteiger charge is -2.34. The molecular weight excluding hydrogens is 292 g/mol. The Bertz CT molecular complexity index is 533. The molecular formula is C13H19ClN6O. The number of nitrogens with one attached hydrogen (secondary N) is 1. The van der Waals surface area contributed by atoms with E-state index in [1.165, 1.54) is 0 Å². The van der Waals surface area contributed by atoms with Crippen molar-refractivity contribution in [3.05, 3.63) is 5.28 Å². The number of anilines is 2. The maximum Gasteiger partial charge on any atom is 0.242 e. The second-order valence-electron chi connectivity index (χ2n) is 5.31. The van der Waals surface area contributed by atoms with Crippen LogP contribution in [0.4, 0.5) is 11.9 Å². The van der Waals surface area contributed by atoms with E-state index in [4.69, 9.17) is 11.6 Å². The molecule has 0 radical (unpaired) electrons. The van der Waals surface area contributed by atoms with Crippen LogP contribution in [0.3, 0.4) is 0 Å². The molecule has 0 bridgehead atoms. The number of rotatable bonds is 3. The quantitative estimate of drug-likeness (QED) is 0.892. The molecule has 1 atom stereocenters. The van der Waals surface area contributed by atoms with Gasteiger partial charge < -0.3 is 15.1 Å². The number of hydrogen-bond acceptors (Lipinski definition) is 6. The third kappa shape index (κ3) is 2.88. The molecule has 1 amide bonds. The third-order valence-corrected chi connectivity index (χ3v) is 4.12. The number of carbonyl (C=O) groups excluding carboxylic acids is 1. The molecule has 2 aliphatic rings. The Balaban J connectivity index is 1.91. The molecule has 0 aliphatic carbocycles. The van der Waals surface area contributed by atoms with Crippen molar-refractivity contribution in [2.24, 2.45) is 0 Å². The lowest BCUT2D eigenvalue weighted by Crippen LogP contribution is -2.55. The van der Waals surface area contributed by atoms with Crippen LogP contribution in [-0.2, 0) is 4.79 Å². The van der Waals surface area contributed by atoms with Crippen molar-refractivity contribution in [2.75, 3.05) is 36.0 Å². The first-order valence-corrected chi connectivity index (χ1v) is 7.77. The molecule has 8 heteroatoms. The smallest absolute Gasteiger partial charge is 0.242 e. The molecule has 1 unspecified atom stereocenters. The van der Waals surface area contributed by atoms with Crippen molar-refractivity contribution in [3.63, 3.8) is 0 Å². The van der Waals surface area contributed by atoms with Crippen LogP contribution < -0.4 is 15.1 Å². The first kappa shape index (κ1) is 14.3. The second kappa shape index (κ2) is 6.01. The van der Waals surface area contributed by atoms with Gasteiger partial charge in [0.15, 0.2) is 0 Å². The van der Waals surface area contributed by atoms with Crippen LogP contribution in [0.2, 0.25) is 5.28 Å². The van der Waals surface area contributed by atoms with Crippen molar-refractivity contribution in [1.29, 1.82) is 0 Å². The van der Waals surface area contributed by atoms with E-state index in [1.54, 1.807) is 0 Å². The van der Waals surface area contributed by atoms with E-state index in [0.717, 1.165) is 25.9 Å². The summed E-state index contributed by atoms with van der Waals surface area (Å²) in [6.07, 6.45) is 2.98. The largest absolute Gasteiger partial charge is 0.353 e. The highest BCUT2D eigenvalue weighted by atomic mass is 35.5. The molecule has 1 aromatic heterocycles. The van der Waals surface area contributed by atoms with Gasteiger partial charge in [-0.25, -0.2) is 0 Å². The fourth-order valence-corrected chi connectivity index (χ4v) is 3.03. The van der Waals surface area contributed by atoms with Gasteiger partial charge in [-0.15, -0.1) is 0 Å². The van der Waals surface area contributed by atoms with Crippen LogP contribution in [0.1, 0.15) is 26.2 Å². The Morgan fingerprint density at radius 2 is 1.90 bits per heavy atom. The van der Waals surface area contributed by atoms with Gasteiger partial charge in [0.2, 0.25) is 23.1 Å². The van der Waals surface area contributed by atoms with Crippen molar-refractivity contribution in [2.45, 2.75) is 32.2 Å². The van der Waals surface area contributed by atoms with Crippen molar-refractivity contribution < 1.29 is 4.79 Å². The number of amides is 1. The third-order valence-electron chi connectivity index (χ3n) is 3.95. The Morgan fingerprint density at radius 1 is 1.19 bits per heavy atom. The molecule has 21 heavy (non-hydrogen) atoms. The molecule has 2 saturated heterocycles. The van der Waals surface area contributed by atoms with Gasteiger partial charge in [0.25, 0.3) is 0 Å². The Kier molecular flexibility index (Phi) is 4.10. The molecule has 2 aliphatic heterocycles. The molecule has 7 nitrogen and oxygen atoms in total. The van der Waals surface area contributed by atoms with E-state index >= 15 is 0 Å². The second-order valence-corrected chi connectivity index (χ2v) is 5.65. The molecule has 1 N–H and O–H groups in total. The summed E-state index contributed by atoms with van der Waals surface area (Å²) in [7, 11) is 0. The van der Waals surface area contributed by atoms with Crippen LogP contribution in [0, 0.1) is 0 Å². The fraction of sp³-hybridized carbons (Fsp3) is 0.692. The highest BCUT2D eigenvalue weighted by Crippen LogP contribution is 2.22. The monoisotopic (exact) mass is 310 g/mol. The predicted octanol–water partition coefficient (Wildman–Crippen LogP) is 0.840. The Morgan fingerprint density at radius 3 is 2.62 bits per heavy atom. The number of carbonyl (C=O) groups is 1. The minimum absolute atomic E-state index is 0.0167. The normalized spacial score (nSPS) is 22.6. The molecule has 1 aromatic rings. The summed E-state index contributed by atoms with van der Waals surface area (Å²) in [4.78, 5) is 29.0. The van der Waals surface area contributed by atoms with Gasteiger partial charge >= 0.3 is 0 Å². The zero-order valence-electron chi connectivity index (χ0n) is 12.0. The average Bonchev–Trinajstić information content (AvgIpc) is 3.00. The molecule has 2 fully saturated rings. The van der Waals surface area contributed by atoms with Crippen LogP contribution in [-0.4, -0.2) is 53.1 Å². The summed E-state index contributed by atoms with van der Waals surface area (Å²) in [5.74, 6) is 1.13. The summed E-state index contributed by atoms with van der Waals surface area (Å²) in [5, 5.41) is 3.05. The molecule has 0 spiro atoms. The topological polar surface area (TPSA) is 74.2 Å². The number of hydrogen-bond donors (Lipinski definition) is 1. The molecule has 0 saturated carbocycles. The van der Waals surface area contributed by atoms with Crippen LogP contribution >= 0.6 is 11.6 Å². The highest BCUT2D eigenvalue weighted by molar-refractivity contribution is 6.28. The average molecular weight is 311 g/mol. The first-order valence-electron chi connectivity index (χ1n) is 7.40. The van der Waals surface area contributed by atoms with E-state index in [2.05, 4.69) is 25.2 Å². The van der Waals surface area contributed by atoms with Gasteiger partial charge in [-0.2, -0.15) is 15.0 Å². The lowest BCUT2D eigenvalue weighted by atomic mass is 10.1.